The van der Waals surface area contributed by atoms with Gasteiger partial charge in [0.25, 0.3) is 5.91 Å². The molecule has 0 aliphatic carbocycles. The van der Waals surface area contributed by atoms with Gasteiger partial charge in [-0.1, -0.05) is 17.7 Å². The molecule has 0 saturated carbocycles. The molecule has 0 unspecified atom stereocenters. The molecule has 1 amide bonds. The predicted octanol–water partition coefficient (Wildman–Crippen LogP) is 3.15. The number of aromatic nitrogens is 1. The fourth-order valence-electron chi connectivity index (χ4n) is 1.67. The van der Waals surface area contributed by atoms with Crippen LogP contribution in [-0.4, -0.2) is 10.5 Å². The summed E-state index contributed by atoms with van der Waals surface area (Å²) in [5.74, 6) is -0.167. The lowest BCUT2D eigenvalue weighted by Gasteiger charge is -2.06. The van der Waals surface area contributed by atoms with Crippen LogP contribution in [0.1, 0.15) is 16.1 Å². The number of benzene rings is 1. The number of hydrogen-bond acceptors (Lipinski definition) is 2. The van der Waals surface area contributed by atoms with E-state index < -0.39 is 0 Å². The van der Waals surface area contributed by atoms with Gasteiger partial charge in [-0.2, -0.15) is 0 Å². The van der Waals surface area contributed by atoms with E-state index in [1.165, 1.54) is 0 Å². The van der Waals surface area contributed by atoms with Gasteiger partial charge in [0.2, 0.25) is 0 Å². The predicted molar refractivity (Wildman–Crippen MR) is 74.0 cm³/mol. The summed E-state index contributed by atoms with van der Waals surface area (Å²) < 4.78 is 1.72. The van der Waals surface area contributed by atoms with E-state index in [1.54, 1.807) is 23.9 Å². The molecular weight excluding hydrogens is 250 g/mol. The van der Waals surface area contributed by atoms with Crippen LogP contribution in [0.15, 0.2) is 36.5 Å². The summed E-state index contributed by atoms with van der Waals surface area (Å²) in [6, 6.07) is 9.34. The molecule has 0 fully saturated rings. The number of halogens is 1. The Bertz CT molecular complexity index is 560. The number of nitrogens with zero attached hydrogens (tertiary/aromatic N) is 1. The summed E-state index contributed by atoms with van der Waals surface area (Å²) >= 11 is 5.50. The van der Waals surface area contributed by atoms with Gasteiger partial charge in [-0.05, 0) is 25.1 Å². The first kappa shape index (κ1) is 12.5. The fraction of sp³-hybridized carbons (Fsp3) is 0.154. The number of anilines is 2. The maximum absolute atomic E-state index is 12.0. The number of carbonyl (C=O) groups is 1. The van der Waals surface area contributed by atoms with Gasteiger partial charge in [0, 0.05) is 30.7 Å². The van der Waals surface area contributed by atoms with Crippen LogP contribution in [0.2, 0.25) is 0 Å². The molecule has 2 N–H and O–H groups in total. The Morgan fingerprint density at radius 1 is 1.22 bits per heavy atom. The Labute approximate surface area is 111 Å². The van der Waals surface area contributed by atoms with Crippen LogP contribution in [0.3, 0.4) is 0 Å². The summed E-state index contributed by atoms with van der Waals surface area (Å²) in [4.78, 5) is 14.5. The Morgan fingerprint density at radius 2 is 1.89 bits per heavy atom. The van der Waals surface area contributed by atoms with Crippen molar-refractivity contribution in [2.24, 2.45) is 7.05 Å². The van der Waals surface area contributed by atoms with Gasteiger partial charge in [0.05, 0.1) is 5.69 Å². The average molecular weight is 264 g/mol. The zero-order valence-electron chi connectivity index (χ0n) is 10.2. The van der Waals surface area contributed by atoms with Crippen LogP contribution in [0, 0.1) is 6.92 Å². The highest BCUT2D eigenvalue weighted by Crippen LogP contribution is 2.16. The standard InChI is InChI=1S/C13H14ClN3O/c1-9-3-5-10(6-4-9)15-13(18)12-7-11(16-14)8-17(12)2/h3-8,16H,1-2H3,(H,15,18). The van der Waals surface area contributed by atoms with Crippen molar-refractivity contribution >= 4 is 29.1 Å². The zero-order chi connectivity index (χ0) is 13.1. The van der Waals surface area contributed by atoms with Crippen LogP contribution >= 0.6 is 11.8 Å². The van der Waals surface area contributed by atoms with Crippen LogP contribution in [-0.2, 0) is 7.05 Å². The fourth-order valence-corrected chi connectivity index (χ4v) is 1.78. The quantitative estimate of drug-likeness (QED) is 0.836. The molecule has 2 aromatic rings. The number of hydrogen-bond donors (Lipinski definition) is 2. The van der Waals surface area contributed by atoms with Gasteiger partial charge in [-0.15, -0.1) is 0 Å². The first-order chi connectivity index (χ1) is 8.60. The van der Waals surface area contributed by atoms with Crippen molar-refractivity contribution in [3.05, 3.63) is 47.8 Å². The number of carbonyl (C=O) groups excluding carboxylic acids is 1. The second-order valence-corrected chi connectivity index (χ2v) is 4.33. The largest absolute Gasteiger partial charge is 0.344 e. The summed E-state index contributed by atoms with van der Waals surface area (Å²) in [5, 5.41) is 2.83. The lowest BCUT2D eigenvalue weighted by molar-refractivity contribution is 0.101. The third kappa shape index (κ3) is 2.65. The molecule has 5 heteroatoms. The van der Waals surface area contributed by atoms with Crippen LogP contribution in [0.4, 0.5) is 11.4 Å². The van der Waals surface area contributed by atoms with Gasteiger partial charge in [0.15, 0.2) is 0 Å². The van der Waals surface area contributed by atoms with Gasteiger partial charge in [-0.3, -0.25) is 9.63 Å². The Balaban J connectivity index is 2.16. The van der Waals surface area contributed by atoms with Crippen LogP contribution in [0.5, 0.6) is 0 Å². The van der Waals surface area contributed by atoms with E-state index in [9.17, 15) is 4.79 Å². The Morgan fingerprint density at radius 3 is 2.44 bits per heavy atom. The molecule has 0 bridgehead atoms. The Hall–Kier alpha value is -1.94. The lowest BCUT2D eigenvalue weighted by Crippen LogP contribution is -2.15. The molecular formula is C13H14ClN3O. The van der Waals surface area contributed by atoms with E-state index in [2.05, 4.69) is 10.2 Å². The van der Waals surface area contributed by atoms with E-state index in [0.29, 0.717) is 11.4 Å². The molecule has 0 radical (unpaired) electrons. The van der Waals surface area contributed by atoms with E-state index in [4.69, 9.17) is 11.8 Å². The highest BCUT2D eigenvalue weighted by atomic mass is 35.5. The molecule has 1 heterocycles. The van der Waals surface area contributed by atoms with Crippen molar-refractivity contribution in [2.45, 2.75) is 6.92 Å². The van der Waals surface area contributed by atoms with E-state index in [0.717, 1.165) is 11.3 Å². The first-order valence-electron chi connectivity index (χ1n) is 5.51. The minimum absolute atomic E-state index is 0.167. The maximum Gasteiger partial charge on any atom is 0.272 e. The molecule has 0 aliphatic heterocycles. The van der Waals surface area contributed by atoms with Crippen molar-refractivity contribution < 1.29 is 4.79 Å². The lowest BCUT2D eigenvalue weighted by atomic mass is 10.2. The molecule has 0 aliphatic rings. The highest BCUT2D eigenvalue weighted by molar-refractivity contribution is 6.24. The maximum atomic E-state index is 12.0. The van der Waals surface area contributed by atoms with Crippen molar-refractivity contribution in [2.75, 3.05) is 10.2 Å². The summed E-state index contributed by atoms with van der Waals surface area (Å²) in [5.41, 5.74) is 3.15. The Kier molecular flexibility index (Phi) is 3.58. The van der Waals surface area contributed by atoms with Gasteiger partial charge in [-0.25, -0.2) is 0 Å². The minimum Gasteiger partial charge on any atom is -0.344 e. The van der Waals surface area contributed by atoms with E-state index >= 15 is 0 Å². The third-order valence-electron chi connectivity index (χ3n) is 2.66. The zero-order valence-corrected chi connectivity index (χ0v) is 11.0. The van der Waals surface area contributed by atoms with Crippen molar-refractivity contribution in [1.29, 1.82) is 0 Å². The molecule has 4 nitrogen and oxygen atoms in total. The highest BCUT2D eigenvalue weighted by Gasteiger charge is 2.11. The van der Waals surface area contributed by atoms with Crippen molar-refractivity contribution in [3.63, 3.8) is 0 Å². The SMILES string of the molecule is Cc1ccc(NC(=O)c2cc(NCl)cn2C)cc1. The normalized spacial score (nSPS) is 10.2. The molecule has 94 valence electrons. The topological polar surface area (TPSA) is 46.1 Å². The van der Waals surface area contributed by atoms with Crippen LogP contribution in [0.25, 0.3) is 0 Å². The number of nitrogens with one attached hydrogen (secondary N) is 2. The van der Waals surface area contributed by atoms with E-state index in [1.807, 2.05) is 31.2 Å². The number of rotatable bonds is 3. The van der Waals surface area contributed by atoms with E-state index in [-0.39, 0.29) is 5.91 Å². The van der Waals surface area contributed by atoms with Crippen molar-refractivity contribution in [3.8, 4) is 0 Å². The molecule has 1 aromatic carbocycles. The van der Waals surface area contributed by atoms with Gasteiger partial charge in [0.1, 0.15) is 5.69 Å². The molecule has 18 heavy (non-hydrogen) atoms. The van der Waals surface area contributed by atoms with Gasteiger partial charge >= 0.3 is 0 Å². The number of aryl methyl sites for hydroxylation is 2. The molecule has 1 aromatic heterocycles. The molecule has 0 atom stereocenters. The summed E-state index contributed by atoms with van der Waals surface area (Å²) in [7, 11) is 1.79. The number of amides is 1. The van der Waals surface area contributed by atoms with Gasteiger partial charge < -0.3 is 9.88 Å². The smallest absolute Gasteiger partial charge is 0.272 e. The second-order valence-electron chi connectivity index (χ2n) is 4.14. The monoisotopic (exact) mass is 263 g/mol. The van der Waals surface area contributed by atoms with Crippen LogP contribution < -0.4 is 10.2 Å². The summed E-state index contributed by atoms with van der Waals surface area (Å²) in [6.45, 7) is 2.00. The second kappa shape index (κ2) is 5.14. The average Bonchev–Trinajstić information content (AvgIpc) is 2.73. The molecule has 0 spiro atoms. The summed E-state index contributed by atoms with van der Waals surface area (Å²) in [6.07, 6.45) is 1.75. The molecule has 2 rings (SSSR count). The minimum atomic E-state index is -0.167. The van der Waals surface area contributed by atoms with Crippen molar-refractivity contribution in [1.82, 2.24) is 4.57 Å². The molecule has 0 saturated heterocycles. The third-order valence-corrected chi connectivity index (χ3v) is 2.87. The first-order valence-corrected chi connectivity index (χ1v) is 5.89.